The van der Waals surface area contributed by atoms with E-state index in [1.165, 1.54) is 11.1 Å². The summed E-state index contributed by atoms with van der Waals surface area (Å²) in [4.78, 5) is 23.1. The van der Waals surface area contributed by atoms with Gasteiger partial charge in [-0.2, -0.15) is 10.2 Å². The van der Waals surface area contributed by atoms with E-state index in [0.717, 1.165) is 50.8 Å². The molecule has 0 bridgehead atoms. The van der Waals surface area contributed by atoms with Gasteiger partial charge in [-0.1, -0.05) is 24.3 Å². The Morgan fingerprint density at radius 3 is 3.03 bits per heavy atom. The number of aromatic nitrogens is 2. The maximum absolute atomic E-state index is 12.0. The van der Waals surface area contributed by atoms with E-state index in [1.54, 1.807) is 0 Å². The van der Waals surface area contributed by atoms with Gasteiger partial charge in [0.2, 0.25) is 11.7 Å². The summed E-state index contributed by atoms with van der Waals surface area (Å²) in [6, 6.07) is 10.7. The molecule has 8 heteroatoms. The maximum Gasteiger partial charge on any atom is 0.286 e. The standard InChI is InChI=1S/C23H26N6O2/c24-11-8-16-14-29(13-12-26-16)21-17-7-10-23(31-22(17)28-20(27-21)19(25)30)9-3-5-15-4-1-2-6-18(15)23/h1-2,4,6,16,26H,3,5,7-10,12-14H2,(H2,25,30)/t16-,23?/m0/s1. The molecule has 3 N–H and O–H groups in total. The van der Waals surface area contributed by atoms with Crippen molar-refractivity contribution in [1.82, 2.24) is 15.3 Å². The number of piperazine rings is 1. The van der Waals surface area contributed by atoms with Crippen LogP contribution in [0.2, 0.25) is 0 Å². The summed E-state index contributed by atoms with van der Waals surface area (Å²) in [7, 11) is 0. The van der Waals surface area contributed by atoms with Gasteiger partial charge in [-0.15, -0.1) is 0 Å². The van der Waals surface area contributed by atoms with Crippen molar-refractivity contribution in [2.75, 3.05) is 24.5 Å². The third kappa shape index (κ3) is 3.49. The number of nitrogens with zero attached hydrogens (tertiary/aromatic N) is 4. The number of aryl methyl sites for hydroxylation is 1. The monoisotopic (exact) mass is 418 g/mol. The average molecular weight is 419 g/mol. The summed E-state index contributed by atoms with van der Waals surface area (Å²) in [5.41, 5.74) is 8.63. The fourth-order valence-electron chi connectivity index (χ4n) is 5.20. The summed E-state index contributed by atoms with van der Waals surface area (Å²) in [6.45, 7) is 2.12. The van der Waals surface area contributed by atoms with E-state index in [2.05, 4.69) is 50.5 Å². The highest BCUT2D eigenvalue weighted by atomic mass is 16.5. The molecule has 0 saturated carbocycles. The molecule has 2 aliphatic heterocycles. The molecule has 1 aromatic carbocycles. The third-order valence-corrected chi connectivity index (χ3v) is 6.67. The van der Waals surface area contributed by atoms with Crippen LogP contribution in [-0.4, -0.2) is 41.6 Å². The van der Waals surface area contributed by atoms with E-state index in [0.29, 0.717) is 24.7 Å². The van der Waals surface area contributed by atoms with Gasteiger partial charge >= 0.3 is 0 Å². The normalized spacial score (nSPS) is 24.6. The number of nitrogens with two attached hydrogens (primary N) is 1. The first kappa shape index (κ1) is 19.8. The quantitative estimate of drug-likeness (QED) is 0.781. The number of rotatable bonds is 3. The van der Waals surface area contributed by atoms with Crippen LogP contribution in [-0.2, 0) is 18.4 Å². The number of benzene rings is 1. The molecule has 1 spiro atoms. The van der Waals surface area contributed by atoms with Crippen molar-refractivity contribution in [3.63, 3.8) is 0 Å². The largest absolute Gasteiger partial charge is 0.466 e. The molecule has 0 radical (unpaired) electrons. The third-order valence-electron chi connectivity index (χ3n) is 6.67. The lowest BCUT2D eigenvalue weighted by Gasteiger charge is -2.43. The topological polar surface area (TPSA) is 117 Å². The fraction of sp³-hybridized carbons (Fsp3) is 0.478. The number of nitriles is 1. The van der Waals surface area contributed by atoms with Crippen molar-refractivity contribution in [2.24, 2.45) is 5.73 Å². The highest BCUT2D eigenvalue weighted by Crippen LogP contribution is 2.47. The first-order valence-corrected chi connectivity index (χ1v) is 10.9. The van der Waals surface area contributed by atoms with E-state index in [-0.39, 0.29) is 11.9 Å². The number of nitrogens with one attached hydrogen (secondary N) is 1. The van der Waals surface area contributed by atoms with Gasteiger partial charge in [-0.3, -0.25) is 4.79 Å². The zero-order valence-corrected chi connectivity index (χ0v) is 17.4. The highest BCUT2D eigenvalue weighted by molar-refractivity contribution is 5.89. The SMILES string of the molecule is N#CC[C@H]1CN(c2nc(C(N)=O)nc3c2CCC2(CCCc4ccccc42)O3)CCN1. The lowest BCUT2D eigenvalue weighted by atomic mass is 9.75. The van der Waals surface area contributed by atoms with Crippen molar-refractivity contribution in [2.45, 2.75) is 50.2 Å². The Morgan fingerprint density at radius 2 is 2.19 bits per heavy atom. The molecular formula is C23H26N6O2. The van der Waals surface area contributed by atoms with Crippen LogP contribution in [0, 0.1) is 11.3 Å². The molecule has 2 aromatic rings. The number of carbonyl (C=O) groups is 1. The molecule has 31 heavy (non-hydrogen) atoms. The first-order chi connectivity index (χ1) is 15.1. The van der Waals surface area contributed by atoms with Crippen LogP contribution in [0.5, 0.6) is 5.88 Å². The molecular weight excluding hydrogens is 392 g/mol. The summed E-state index contributed by atoms with van der Waals surface area (Å²) < 4.78 is 6.63. The van der Waals surface area contributed by atoms with Crippen LogP contribution in [0.25, 0.3) is 0 Å². The average Bonchev–Trinajstić information content (AvgIpc) is 2.79. The van der Waals surface area contributed by atoms with Gasteiger partial charge in [0, 0.05) is 25.7 Å². The van der Waals surface area contributed by atoms with Gasteiger partial charge in [-0.25, -0.2) is 4.98 Å². The summed E-state index contributed by atoms with van der Waals surface area (Å²) in [5, 5.41) is 12.5. The minimum absolute atomic E-state index is 0.0229. The number of ether oxygens (including phenoxy) is 1. The van der Waals surface area contributed by atoms with Crippen LogP contribution in [0.4, 0.5) is 5.82 Å². The van der Waals surface area contributed by atoms with Crippen molar-refractivity contribution in [3.8, 4) is 11.9 Å². The van der Waals surface area contributed by atoms with Crippen molar-refractivity contribution in [1.29, 1.82) is 5.26 Å². The van der Waals surface area contributed by atoms with Crippen molar-refractivity contribution >= 4 is 11.7 Å². The van der Waals surface area contributed by atoms with Crippen LogP contribution in [0.1, 0.15) is 53.0 Å². The molecule has 1 aliphatic carbocycles. The molecule has 1 saturated heterocycles. The fourth-order valence-corrected chi connectivity index (χ4v) is 5.20. The zero-order valence-electron chi connectivity index (χ0n) is 17.4. The number of fused-ring (bicyclic) bond motifs is 3. The number of hydrogen-bond acceptors (Lipinski definition) is 7. The van der Waals surface area contributed by atoms with Crippen LogP contribution in [0.15, 0.2) is 24.3 Å². The maximum atomic E-state index is 12.0. The number of hydrogen-bond donors (Lipinski definition) is 2. The summed E-state index contributed by atoms with van der Waals surface area (Å²) in [5.74, 6) is 0.490. The van der Waals surface area contributed by atoms with Gasteiger partial charge in [0.05, 0.1) is 18.1 Å². The lowest BCUT2D eigenvalue weighted by molar-refractivity contribution is 0.0197. The molecule has 8 nitrogen and oxygen atoms in total. The van der Waals surface area contributed by atoms with Crippen LogP contribution >= 0.6 is 0 Å². The van der Waals surface area contributed by atoms with Gasteiger partial charge in [-0.05, 0) is 43.2 Å². The molecule has 1 unspecified atom stereocenters. The summed E-state index contributed by atoms with van der Waals surface area (Å²) >= 11 is 0. The Hall–Kier alpha value is -3.18. The van der Waals surface area contributed by atoms with Gasteiger partial charge in [0.15, 0.2) is 0 Å². The van der Waals surface area contributed by atoms with E-state index < -0.39 is 11.5 Å². The van der Waals surface area contributed by atoms with Gasteiger partial charge in [0.25, 0.3) is 5.91 Å². The number of amides is 1. The second-order valence-electron chi connectivity index (χ2n) is 8.59. The smallest absolute Gasteiger partial charge is 0.286 e. The molecule has 5 rings (SSSR count). The minimum Gasteiger partial charge on any atom is -0.466 e. The molecule has 3 aliphatic rings. The van der Waals surface area contributed by atoms with E-state index in [9.17, 15) is 4.79 Å². The molecule has 1 fully saturated rings. The Balaban J connectivity index is 1.55. The Morgan fingerprint density at radius 1 is 1.32 bits per heavy atom. The van der Waals surface area contributed by atoms with E-state index in [1.807, 2.05) is 0 Å². The molecule has 3 heterocycles. The summed E-state index contributed by atoms with van der Waals surface area (Å²) in [6.07, 6.45) is 5.06. The second kappa shape index (κ2) is 7.82. The first-order valence-electron chi connectivity index (χ1n) is 10.9. The van der Waals surface area contributed by atoms with Crippen LogP contribution in [0.3, 0.4) is 0 Å². The number of anilines is 1. The van der Waals surface area contributed by atoms with E-state index in [4.69, 9.17) is 15.7 Å². The Kier molecular flexibility index (Phi) is 4.98. The van der Waals surface area contributed by atoms with Crippen molar-refractivity contribution < 1.29 is 9.53 Å². The minimum atomic E-state index is -0.667. The van der Waals surface area contributed by atoms with Gasteiger partial charge < -0.3 is 20.7 Å². The van der Waals surface area contributed by atoms with E-state index >= 15 is 0 Å². The predicted octanol–water partition coefficient (Wildman–Crippen LogP) is 1.82. The van der Waals surface area contributed by atoms with Crippen LogP contribution < -0.4 is 20.7 Å². The second-order valence-corrected chi connectivity index (χ2v) is 8.59. The molecule has 160 valence electrons. The molecule has 1 amide bonds. The Labute approximate surface area is 181 Å². The zero-order chi connectivity index (χ0) is 21.4. The highest BCUT2D eigenvalue weighted by Gasteiger charge is 2.43. The van der Waals surface area contributed by atoms with Gasteiger partial charge in [0.1, 0.15) is 11.4 Å². The lowest BCUT2D eigenvalue weighted by Crippen LogP contribution is -2.51. The molecule has 1 aromatic heterocycles. The predicted molar refractivity (Wildman–Crippen MR) is 115 cm³/mol. The number of primary amides is 1. The Bertz CT molecular complexity index is 1060. The van der Waals surface area contributed by atoms with Crippen molar-refractivity contribution in [3.05, 3.63) is 46.8 Å². The molecule has 2 atom stereocenters. The number of carbonyl (C=O) groups excluding carboxylic acids is 1.